The quantitative estimate of drug-likeness (QED) is 0.487. The first-order valence-corrected chi connectivity index (χ1v) is 8.51. The smallest absolute Gasteiger partial charge is 0.340 e. The van der Waals surface area contributed by atoms with Gasteiger partial charge in [-0.25, -0.2) is 4.98 Å². The summed E-state index contributed by atoms with van der Waals surface area (Å²) in [5.74, 6) is -0.0122. The molecule has 2 aromatic rings. The fourth-order valence-electron chi connectivity index (χ4n) is 1.43. The van der Waals surface area contributed by atoms with Crippen molar-refractivity contribution in [3.63, 3.8) is 0 Å². The van der Waals surface area contributed by atoms with Crippen molar-refractivity contribution in [2.45, 2.75) is 17.0 Å². The lowest BCUT2D eigenvalue weighted by Crippen LogP contribution is -2.11. The first kappa shape index (κ1) is 15.1. The molecule has 1 aromatic heterocycles. The van der Waals surface area contributed by atoms with Gasteiger partial charge in [-0.1, -0.05) is 29.4 Å². The van der Waals surface area contributed by atoms with Crippen molar-refractivity contribution in [3.05, 3.63) is 41.0 Å². The van der Waals surface area contributed by atoms with Crippen LogP contribution in [0.5, 0.6) is 5.88 Å². The summed E-state index contributed by atoms with van der Waals surface area (Å²) in [4.78, 5) is 8.11. The van der Waals surface area contributed by atoms with Crippen molar-refractivity contribution < 1.29 is 12.6 Å². The monoisotopic (exact) mass is 330 g/mol. The molecule has 0 aliphatic carbocycles. The molecule has 0 N–H and O–H groups in total. The topological polar surface area (TPSA) is 69.2 Å². The van der Waals surface area contributed by atoms with Gasteiger partial charge in [0.05, 0.1) is 0 Å². The van der Waals surface area contributed by atoms with E-state index < -0.39 is 10.1 Å². The minimum Gasteiger partial charge on any atom is -0.358 e. The summed E-state index contributed by atoms with van der Waals surface area (Å²) in [6.45, 7) is 1.74. The van der Waals surface area contributed by atoms with E-state index in [9.17, 15) is 8.42 Å². The van der Waals surface area contributed by atoms with Crippen LogP contribution in [0.3, 0.4) is 0 Å². The maximum Gasteiger partial charge on any atom is 0.340 e. The average Bonchev–Trinajstić information content (AvgIpc) is 2.37. The second-order valence-electron chi connectivity index (χ2n) is 3.83. The van der Waals surface area contributed by atoms with Crippen LogP contribution in [-0.2, 0) is 10.1 Å². The lowest BCUT2D eigenvalue weighted by molar-refractivity contribution is 0.471. The van der Waals surface area contributed by atoms with Gasteiger partial charge in [-0.15, -0.1) is 0 Å². The van der Waals surface area contributed by atoms with Crippen molar-refractivity contribution in [2.75, 3.05) is 6.26 Å². The lowest BCUT2D eigenvalue weighted by atomic mass is 10.4. The van der Waals surface area contributed by atoms with Crippen LogP contribution < -0.4 is 4.18 Å². The molecule has 0 saturated carbocycles. The first-order valence-electron chi connectivity index (χ1n) is 5.50. The summed E-state index contributed by atoms with van der Waals surface area (Å²) >= 11 is 7.08. The Morgan fingerprint density at radius 3 is 2.65 bits per heavy atom. The van der Waals surface area contributed by atoms with Gasteiger partial charge in [-0.05, 0) is 31.4 Å². The first-order chi connectivity index (χ1) is 9.40. The third kappa shape index (κ3) is 3.62. The molecule has 0 aliphatic heterocycles. The second-order valence-corrected chi connectivity index (χ2v) is 6.59. The highest BCUT2D eigenvalue weighted by atomic mass is 35.5. The predicted molar refractivity (Wildman–Crippen MR) is 77.8 cm³/mol. The zero-order valence-electron chi connectivity index (χ0n) is 10.7. The molecule has 0 atom stereocenters. The normalized spacial score (nSPS) is 11.3. The Morgan fingerprint density at radius 2 is 2.00 bits per heavy atom. The third-order valence-electron chi connectivity index (χ3n) is 2.27. The highest BCUT2D eigenvalue weighted by molar-refractivity contribution is 7.98. The molecule has 1 aromatic carbocycles. The number of aromatic nitrogens is 2. The van der Waals surface area contributed by atoms with Crippen LogP contribution >= 0.6 is 23.4 Å². The van der Waals surface area contributed by atoms with E-state index in [4.69, 9.17) is 15.8 Å². The fourth-order valence-corrected chi connectivity index (χ4v) is 3.02. The summed E-state index contributed by atoms with van der Waals surface area (Å²) in [6, 6.07) is 7.31. The van der Waals surface area contributed by atoms with Gasteiger partial charge in [0.2, 0.25) is 5.88 Å². The summed E-state index contributed by atoms with van der Waals surface area (Å²) in [5, 5.41) is 0.764. The predicted octanol–water partition coefficient (Wildman–Crippen LogP) is 2.93. The third-order valence-corrected chi connectivity index (χ3v) is 4.28. The lowest BCUT2D eigenvalue weighted by Gasteiger charge is -2.07. The van der Waals surface area contributed by atoms with E-state index in [0.717, 1.165) is 0 Å². The molecular weight excluding hydrogens is 320 g/mol. The highest BCUT2D eigenvalue weighted by Crippen LogP contribution is 2.21. The molecule has 2 rings (SSSR count). The van der Waals surface area contributed by atoms with E-state index >= 15 is 0 Å². The zero-order chi connectivity index (χ0) is 14.8. The largest absolute Gasteiger partial charge is 0.358 e. The Hall–Kier alpha value is -1.31. The van der Waals surface area contributed by atoms with Crippen LogP contribution in [0, 0.1) is 6.92 Å². The molecule has 0 radical (unpaired) electrons. The van der Waals surface area contributed by atoms with E-state index in [-0.39, 0.29) is 10.8 Å². The molecule has 0 aliphatic rings. The van der Waals surface area contributed by atoms with Crippen LogP contribution in [0.1, 0.15) is 5.69 Å². The number of thioether (sulfide) groups is 1. The van der Waals surface area contributed by atoms with E-state index in [1.165, 1.54) is 36.0 Å². The summed E-state index contributed by atoms with van der Waals surface area (Å²) < 4.78 is 29.2. The molecule has 106 valence electrons. The van der Waals surface area contributed by atoms with Crippen molar-refractivity contribution in [1.82, 2.24) is 9.97 Å². The van der Waals surface area contributed by atoms with Crippen LogP contribution in [0.4, 0.5) is 0 Å². The number of aryl methyl sites for hydroxylation is 1. The van der Waals surface area contributed by atoms with Gasteiger partial charge in [0, 0.05) is 16.8 Å². The minimum absolute atomic E-state index is 0.0122. The van der Waals surface area contributed by atoms with E-state index in [0.29, 0.717) is 15.9 Å². The number of hydrogen-bond donors (Lipinski definition) is 0. The van der Waals surface area contributed by atoms with Crippen molar-refractivity contribution >= 4 is 33.5 Å². The number of halogens is 1. The maximum absolute atomic E-state index is 12.1. The Bertz CT molecular complexity index is 735. The molecule has 1 heterocycles. The molecule has 8 heteroatoms. The van der Waals surface area contributed by atoms with Crippen LogP contribution in [0.25, 0.3) is 0 Å². The Morgan fingerprint density at radius 1 is 1.25 bits per heavy atom. The van der Waals surface area contributed by atoms with Crippen LogP contribution in [0.15, 0.2) is 40.4 Å². The summed E-state index contributed by atoms with van der Waals surface area (Å²) in [5.41, 5.74) is 0.626. The Labute approximate surface area is 126 Å². The van der Waals surface area contributed by atoms with Crippen molar-refractivity contribution in [1.29, 1.82) is 0 Å². The number of rotatable bonds is 4. The van der Waals surface area contributed by atoms with E-state index in [1.807, 2.05) is 0 Å². The maximum atomic E-state index is 12.1. The molecule has 0 bridgehead atoms. The van der Waals surface area contributed by atoms with Gasteiger partial charge >= 0.3 is 10.1 Å². The summed E-state index contributed by atoms with van der Waals surface area (Å²) in [6.07, 6.45) is 1.80. The number of hydrogen-bond acceptors (Lipinski definition) is 6. The molecule has 0 saturated heterocycles. The average molecular weight is 331 g/mol. The van der Waals surface area contributed by atoms with Gasteiger partial charge in [0.15, 0.2) is 5.16 Å². The molecular formula is C12H11ClN2O3S2. The molecule has 0 fully saturated rings. The second kappa shape index (κ2) is 5.99. The van der Waals surface area contributed by atoms with Gasteiger partial charge in [-0.2, -0.15) is 13.4 Å². The van der Waals surface area contributed by atoms with E-state index in [1.54, 1.807) is 19.2 Å². The fraction of sp³-hybridized carbons (Fsp3) is 0.167. The standard InChI is InChI=1S/C12H11ClN2O3S2/c1-8-6-11(15-12(14-8)19-2)18-20(16,17)10-5-3-4-9(13)7-10/h3-7H,1-2H3. The molecule has 0 spiro atoms. The minimum atomic E-state index is -3.96. The van der Waals surface area contributed by atoms with E-state index in [2.05, 4.69) is 9.97 Å². The molecule has 5 nitrogen and oxygen atoms in total. The van der Waals surface area contributed by atoms with Gasteiger partial charge in [0.25, 0.3) is 0 Å². The highest BCUT2D eigenvalue weighted by Gasteiger charge is 2.18. The Kier molecular flexibility index (Phi) is 4.52. The van der Waals surface area contributed by atoms with Crippen LogP contribution in [-0.4, -0.2) is 24.6 Å². The molecule has 0 amide bonds. The van der Waals surface area contributed by atoms with Crippen molar-refractivity contribution in [2.24, 2.45) is 0 Å². The molecule has 20 heavy (non-hydrogen) atoms. The Balaban J connectivity index is 2.35. The number of nitrogens with zero attached hydrogens (tertiary/aromatic N) is 2. The SMILES string of the molecule is CSc1nc(C)cc(OS(=O)(=O)c2cccc(Cl)c2)n1. The summed E-state index contributed by atoms with van der Waals surface area (Å²) in [7, 11) is -3.96. The van der Waals surface area contributed by atoms with Gasteiger partial charge in [-0.3, -0.25) is 0 Å². The van der Waals surface area contributed by atoms with Crippen LogP contribution in [0.2, 0.25) is 5.02 Å². The van der Waals surface area contributed by atoms with Gasteiger partial charge in [0.1, 0.15) is 4.90 Å². The number of benzene rings is 1. The van der Waals surface area contributed by atoms with Crippen molar-refractivity contribution in [3.8, 4) is 5.88 Å². The zero-order valence-corrected chi connectivity index (χ0v) is 13.1. The molecule has 0 unspecified atom stereocenters. The van der Waals surface area contributed by atoms with Gasteiger partial charge < -0.3 is 4.18 Å².